The van der Waals surface area contributed by atoms with Gasteiger partial charge in [-0.1, -0.05) is 42.5 Å². The number of fused-ring (bicyclic) bond motifs is 1. The number of rotatable bonds is 2. The van der Waals surface area contributed by atoms with E-state index in [0.717, 1.165) is 16.5 Å². The van der Waals surface area contributed by atoms with Gasteiger partial charge in [0.2, 0.25) is 0 Å². The number of nitrogens with two attached hydrogens (primary N) is 1. The molecule has 88 valence electrons. The second-order valence-electron chi connectivity index (χ2n) is 3.96. The van der Waals surface area contributed by atoms with Crippen molar-refractivity contribution in [1.82, 2.24) is 10.2 Å². The molecule has 0 saturated carbocycles. The average molecular weight is 236 g/mol. The number of aliphatic imine (C=N–C) groups is 1. The smallest absolute Gasteiger partial charge is 0.183 e. The number of para-hydroxylation sites is 1. The topological polar surface area (TPSA) is 67.1 Å². The summed E-state index contributed by atoms with van der Waals surface area (Å²) in [4.78, 5) is 4.37. The Hall–Kier alpha value is -2.62. The first kappa shape index (κ1) is 10.5. The van der Waals surface area contributed by atoms with Gasteiger partial charge in [-0.05, 0) is 12.1 Å². The van der Waals surface area contributed by atoms with Crippen molar-refractivity contribution < 1.29 is 0 Å². The maximum absolute atomic E-state index is 5.97. The Balaban J connectivity index is 2.06. The number of hydrogen-bond acceptors (Lipinski definition) is 2. The number of nitrogens with zero attached hydrogens (tertiary/aromatic N) is 2. The highest BCUT2D eigenvalue weighted by atomic mass is 15.2. The fourth-order valence-electron chi connectivity index (χ4n) is 1.82. The number of aromatic nitrogens is 2. The maximum Gasteiger partial charge on any atom is 0.183 e. The van der Waals surface area contributed by atoms with Gasteiger partial charge in [0.25, 0.3) is 0 Å². The predicted molar refractivity (Wildman–Crippen MR) is 72.9 cm³/mol. The Labute approximate surface area is 104 Å². The molecule has 0 fully saturated rings. The Morgan fingerprint density at radius 2 is 1.72 bits per heavy atom. The summed E-state index contributed by atoms with van der Waals surface area (Å²) in [5.74, 6) is 1.08. The molecule has 0 unspecified atom stereocenters. The summed E-state index contributed by atoms with van der Waals surface area (Å²) in [7, 11) is 0. The lowest BCUT2D eigenvalue weighted by atomic mass is 10.2. The first-order valence-electron chi connectivity index (χ1n) is 5.67. The zero-order valence-electron chi connectivity index (χ0n) is 9.67. The lowest BCUT2D eigenvalue weighted by molar-refractivity contribution is 1.11. The predicted octanol–water partition coefficient (Wildman–Crippen LogP) is 2.60. The number of H-pyrrole nitrogens is 1. The van der Waals surface area contributed by atoms with Crippen LogP contribution >= 0.6 is 0 Å². The molecule has 4 nitrogen and oxygen atoms in total. The van der Waals surface area contributed by atoms with Crippen LogP contribution in [0.3, 0.4) is 0 Å². The zero-order chi connectivity index (χ0) is 12.4. The molecule has 0 radical (unpaired) electrons. The monoisotopic (exact) mass is 236 g/mol. The molecule has 0 saturated heterocycles. The molecule has 0 aliphatic carbocycles. The van der Waals surface area contributed by atoms with Crippen LogP contribution < -0.4 is 5.73 Å². The maximum atomic E-state index is 5.97. The van der Waals surface area contributed by atoms with E-state index >= 15 is 0 Å². The van der Waals surface area contributed by atoms with Crippen molar-refractivity contribution in [3.63, 3.8) is 0 Å². The average Bonchev–Trinajstić information content (AvgIpc) is 2.83. The van der Waals surface area contributed by atoms with Crippen LogP contribution in [0.1, 0.15) is 5.56 Å². The summed E-state index contributed by atoms with van der Waals surface area (Å²) >= 11 is 0. The van der Waals surface area contributed by atoms with Crippen LogP contribution in [0.4, 0.5) is 5.82 Å². The van der Waals surface area contributed by atoms with E-state index in [2.05, 4.69) is 15.2 Å². The Bertz CT molecular complexity index is 698. The van der Waals surface area contributed by atoms with Gasteiger partial charge in [-0.25, -0.2) is 4.99 Å². The fraction of sp³-hybridized carbons (Fsp3) is 0. The van der Waals surface area contributed by atoms with E-state index in [1.807, 2.05) is 54.6 Å². The summed E-state index contributed by atoms with van der Waals surface area (Å²) in [5.41, 5.74) is 7.82. The second-order valence-corrected chi connectivity index (χ2v) is 3.96. The molecule has 3 rings (SSSR count). The van der Waals surface area contributed by atoms with Gasteiger partial charge in [0.1, 0.15) is 5.84 Å². The van der Waals surface area contributed by atoms with Crippen LogP contribution in [0.2, 0.25) is 0 Å². The largest absolute Gasteiger partial charge is 0.383 e. The minimum Gasteiger partial charge on any atom is -0.383 e. The van der Waals surface area contributed by atoms with Gasteiger partial charge >= 0.3 is 0 Å². The highest BCUT2D eigenvalue weighted by Crippen LogP contribution is 2.22. The summed E-state index contributed by atoms with van der Waals surface area (Å²) in [6, 6.07) is 17.5. The van der Waals surface area contributed by atoms with Gasteiger partial charge in [0.15, 0.2) is 5.82 Å². The molecule has 3 aromatic rings. The highest BCUT2D eigenvalue weighted by molar-refractivity contribution is 6.01. The minimum atomic E-state index is 0.466. The molecule has 0 amide bonds. The summed E-state index contributed by atoms with van der Waals surface area (Å²) in [5, 5.41) is 8.07. The molecule has 0 atom stereocenters. The van der Waals surface area contributed by atoms with Gasteiger partial charge in [-0.2, -0.15) is 5.10 Å². The minimum absolute atomic E-state index is 0.466. The van der Waals surface area contributed by atoms with Gasteiger partial charge in [-0.3, -0.25) is 5.10 Å². The van der Waals surface area contributed by atoms with Crippen molar-refractivity contribution in [2.45, 2.75) is 0 Å². The number of amidine groups is 1. The molecule has 0 bridgehead atoms. The van der Waals surface area contributed by atoms with E-state index in [1.54, 1.807) is 0 Å². The molecule has 3 N–H and O–H groups in total. The second kappa shape index (κ2) is 4.33. The van der Waals surface area contributed by atoms with Crippen molar-refractivity contribution >= 4 is 22.6 Å². The third-order valence-electron chi connectivity index (χ3n) is 2.75. The van der Waals surface area contributed by atoms with Crippen LogP contribution in [-0.4, -0.2) is 16.0 Å². The molecule has 0 aliphatic rings. The van der Waals surface area contributed by atoms with Crippen molar-refractivity contribution in [3.8, 4) is 0 Å². The quantitative estimate of drug-likeness (QED) is 0.530. The number of nitrogens with one attached hydrogen (secondary N) is 1. The molecule has 1 heterocycles. The Kier molecular flexibility index (Phi) is 2.53. The lowest BCUT2D eigenvalue weighted by Gasteiger charge is -1.98. The SMILES string of the molecule is NC(=Nc1n[nH]c2ccccc12)c1ccccc1. The zero-order valence-corrected chi connectivity index (χ0v) is 9.67. The van der Waals surface area contributed by atoms with Crippen LogP contribution in [0.5, 0.6) is 0 Å². The number of benzene rings is 2. The van der Waals surface area contributed by atoms with Crippen molar-refractivity contribution in [2.24, 2.45) is 10.7 Å². The van der Waals surface area contributed by atoms with Gasteiger partial charge in [0, 0.05) is 10.9 Å². The standard InChI is InChI=1S/C14H12N4/c15-13(10-6-2-1-3-7-10)16-14-11-8-4-5-9-12(11)17-18-14/h1-9H,(H3,15,16,17,18). The van der Waals surface area contributed by atoms with E-state index in [-0.39, 0.29) is 0 Å². The summed E-state index contributed by atoms with van der Waals surface area (Å²) in [6.45, 7) is 0. The van der Waals surface area contributed by atoms with E-state index in [9.17, 15) is 0 Å². The van der Waals surface area contributed by atoms with E-state index in [4.69, 9.17) is 5.73 Å². The Morgan fingerprint density at radius 1 is 1.00 bits per heavy atom. The molecule has 2 aromatic carbocycles. The van der Waals surface area contributed by atoms with Crippen molar-refractivity contribution in [1.29, 1.82) is 0 Å². The third kappa shape index (κ3) is 1.84. The summed E-state index contributed by atoms with van der Waals surface area (Å²) in [6.07, 6.45) is 0. The van der Waals surface area contributed by atoms with Gasteiger partial charge < -0.3 is 5.73 Å². The first-order valence-corrected chi connectivity index (χ1v) is 5.67. The van der Waals surface area contributed by atoms with Crippen LogP contribution in [0, 0.1) is 0 Å². The number of aromatic amines is 1. The molecular weight excluding hydrogens is 224 g/mol. The first-order chi connectivity index (χ1) is 8.84. The number of hydrogen-bond donors (Lipinski definition) is 2. The normalized spacial score (nSPS) is 11.9. The molecule has 1 aromatic heterocycles. The van der Waals surface area contributed by atoms with E-state index in [1.165, 1.54) is 0 Å². The Morgan fingerprint density at radius 3 is 2.56 bits per heavy atom. The van der Waals surface area contributed by atoms with E-state index in [0.29, 0.717) is 11.7 Å². The molecule has 0 spiro atoms. The van der Waals surface area contributed by atoms with Crippen LogP contribution in [0.15, 0.2) is 59.6 Å². The molecule has 0 aliphatic heterocycles. The van der Waals surface area contributed by atoms with Crippen molar-refractivity contribution in [2.75, 3.05) is 0 Å². The van der Waals surface area contributed by atoms with Crippen molar-refractivity contribution in [3.05, 3.63) is 60.2 Å². The summed E-state index contributed by atoms with van der Waals surface area (Å²) < 4.78 is 0. The molecular formula is C14H12N4. The van der Waals surface area contributed by atoms with Gasteiger partial charge in [-0.15, -0.1) is 0 Å². The highest BCUT2D eigenvalue weighted by Gasteiger charge is 2.04. The van der Waals surface area contributed by atoms with Crippen LogP contribution in [0.25, 0.3) is 10.9 Å². The third-order valence-corrected chi connectivity index (χ3v) is 2.75. The lowest BCUT2D eigenvalue weighted by Crippen LogP contribution is -2.12. The van der Waals surface area contributed by atoms with Crippen LogP contribution in [-0.2, 0) is 0 Å². The molecule has 4 heteroatoms. The van der Waals surface area contributed by atoms with E-state index < -0.39 is 0 Å². The fourth-order valence-corrected chi connectivity index (χ4v) is 1.82. The van der Waals surface area contributed by atoms with Gasteiger partial charge in [0.05, 0.1) is 5.52 Å². The molecule has 18 heavy (non-hydrogen) atoms.